The van der Waals surface area contributed by atoms with E-state index < -0.39 is 0 Å². The number of rotatable bonds is 4. The van der Waals surface area contributed by atoms with Crippen molar-refractivity contribution in [3.63, 3.8) is 0 Å². The molecule has 0 atom stereocenters. The lowest BCUT2D eigenvalue weighted by Gasteiger charge is -2.05. The average Bonchev–Trinajstić information content (AvgIpc) is 1.88. The van der Waals surface area contributed by atoms with Crippen LogP contribution in [0.3, 0.4) is 0 Å². The highest BCUT2D eigenvalue weighted by molar-refractivity contribution is 5.71. The molecule has 10 heavy (non-hydrogen) atoms. The van der Waals surface area contributed by atoms with Gasteiger partial charge < -0.3 is 9.94 Å². The molecule has 0 spiro atoms. The van der Waals surface area contributed by atoms with E-state index in [0.29, 0.717) is 0 Å². The molecule has 0 aromatic heterocycles. The maximum Gasteiger partial charge on any atom is 0.327 e. The van der Waals surface area contributed by atoms with Crippen molar-refractivity contribution in [3.8, 4) is 0 Å². The Balaban J connectivity index is 3.22. The molecule has 0 aliphatic heterocycles. The van der Waals surface area contributed by atoms with E-state index in [0.717, 1.165) is 0 Å². The van der Waals surface area contributed by atoms with Crippen LogP contribution >= 0.6 is 0 Å². The van der Waals surface area contributed by atoms with Crippen molar-refractivity contribution in [2.45, 2.75) is 13.8 Å². The second-order valence-corrected chi connectivity index (χ2v) is 2.19. The minimum Gasteiger partial charge on any atom is -0.395 e. The van der Waals surface area contributed by atoms with Gasteiger partial charge in [0.05, 0.1) is 19.1 Å². The number of aliphatic hydroxyl groups excluding tert-OH is 1. The second kappa shape index (κ2) is 5.20. The van der Waals surface area contributed by atoms with Crippen LogP contribution in [0.1, 0.15) is 13.8 Å². The van der Waals surface area contributed by atoms with Crippen LogP contribution in [-0.4, -0.2) is 24.2 Å². The van der Waals surface area contributed by atoms with E-state index >= 15 is 0 Å². The zero-order valence-corrected chi connectivity index (χ0v) is 6.26. The van der Waals surface area contributed by atoms with Gasteiger partial charge in [0.25, 0.3) is 0 Å². The minimum atomic E-state index is -0.312. The average molecular weight is 147 g/mol. The van der Waals surface area contributed by atoms with Gasteiger partial charge in [0.15, 0.2) is 0 Å². The lowest BCUT2D eigenvalue weighted by atomic mass is 10.2. The van der Waals surface area contributed by atoms with Crippen LogP contribution in [0.4, 0.5) is 0 Å². The first-order chi connectivity index (χ1) is 4.68. The van der Waals surface area contributed by atoms with Gasteiger partial charge in [-0.3, -0.25) is 4.79 Å². The van der Waals surface area contributed by atoms with E-state index in [4.69, 9.17) is 5.11 Å². The summed E-state index contributed by atoms with van der Waals surface area (Å²) in [6, 6.07) is 0. The molecule has 0 radical (unpaired) electrons. The van der Waals surface area contributed by atoms with Crippen molar-refractivity contribution < 1.29 is 14.7 Å². The molecule has 0 aromatic carbocycles. The van der Waals surface area contributed by atoms with Gasteiger partial charge >= 0.3 is 5.97 Å². The first kappa shape index (κ1) is 9.39. The van der Waals surface area contributed by atoms with E-state index in [-0.39, 0.29) is 25.0 Å². The van der Waals surface area contributed by atoms with Crippen LogP contribution < -0.4 is 5.48 Å². The summed E-state index contributed by atoms with van der Waals surface area (Å²) in [5.74, 6) is -0.445. The molecular formula is C6H13NO3. The summed E-state index contributed by atoms with van der Waals surface area (Å²) in [7, 11) is 0. The summed E-state index contributed by atoms with van der Waals surface area (Å²) in [5, 5.41) is 8.26. The first-order valence-corrected chi connectivity index (χ1v) is 3.23. The summed E-state index contributed by atoms with van der Waals surface area (Å²) in [6.45, 7) is 3.72. The highest BCUT2D eigenvalue weighted by atomic mass is 16.7. The van der Waals surface area contributed by atoms with Crippen LogP contribution in [0.15, 0.2) is 0 Å². The highest BCUT2D eigenvalue weighted by Gasteiger charge is 2.06. The molecule has 0 unspecified atom stereocenters. The number of aliphatic hydroxyl groups is 1. The fourth-order valence-corrected chi connectivity index (χ4v) is 0.286. The zero-order chi connectivity index (χ0) is 7.98. The largest absolute Gasteiger partial charge is 0.395 e. The quantitative estimate of drug-likeness (QED) is 0.423. The number of hydrogen-bond acceptors (Lipinski definition) is 4. The topological polar surface area (TPSA) is 58.6 Å². The van der Waals surface area contributed by atoms with E-state index in [1.54, 1.807) is 13.8 Å². The van der Waals surface area contributed by atoms with Crippen LogP contribution in [-0.2, 0) is 9.63 Å². The van der Waals surface area contributed by atoms with Gasteiger partial charge in [-0.2, -0.15) is 5.48 Å². The van der Waals surface area contributed by atoms with Gasteiger partial charge in [0, 0.05) is 0 Å². The van der Waals surface area contributed by atoms with Crippen LogP contribution in [0, 0.1) is 5.92 Å². The van der Waals surface area contributed by atoms with E-state index in [9.17, 15) is 4.79 Å². The minimum absolute atomic E-state index is 0.0363. The maximum atomic E-state index is 10.7. The molecule has 60 valence electrons. The molecular weight excluding hydrogens is 134 g/mol. The highest BCUT2D eigenvalue weighted by Crippen LogP contribution is 1.92. The van der Waals surface area contributed by atoms with Crippen molar-refractivity contribution in [2.24, 2.45) is 5.92 Å². The molecule has 0 fully saturated rings. The van der Waals surface area contributed by atoms with Gasteiger partial charge in [-0.1, -0.05) is 13.8 Å². The van der Waals surface area contributed by atoms with Crippen LogP contribution in [0.5, 0.6) is 0 Å². The fraction of sp³-hybridized carbons (Fsp3) is 0.833. The van der Waals surface area contributed by atoms with Crippen LogP contribution in [0.25, 0.3) is 0 Å². The van der Waals surface area contributed by atoms with Gasteiger partial charge in [0.2, 0.25) is 0 Å². The molecule has 4 heteroatoms. The second-order valence-electron chi connectivity index (χ2n) is 2.19. The molecule has 0 aliphatic rings. The molecule has 0 rings (SSSR count). The predicted molar refractivity (Wildman–Crippen MR) is 36.0 cm³/mol. The molecule has 2 N–H and O–H groups in total. The Morgan fingerprint density at radius 3 is 2.70 bits per heavy atom. The van der Waals surface area contributed by atoms with Crippen molar-refractivity contribution in [2.75, 3.05) is 13.2 Å². The SMILES string of the molecule is CC(C)C(=O)ONCCO. The summed E-state index contributed by atoms with van der Waals surface area (Å²) in [6.07, 6.45) is 0. The summed E-state index contributed by atoms with van der Waals surface area (Å²) in [5.41, 5.74) is 2.32. The summed E-state index contributed by atoms with van der Waals surface area (Å²) < 4.78 is 0. The van der Waals surface area contributed by atoms with Crippen molar-refractivity contribution in [3.05, 3.63) is 0 Å². The standard InChI is InChI=1S/C6H13NO3/c1-5(2)6(9)10-7-3-4-8/h5,7-8H,3-4H2,1-2H3. The molecule has 0 aromatic rings. The van der Waals surface area contributed by atoms with Gasteiger partial charge in [-0.15, -0.1) is 0 Å². The number of nitrogens with one attached hydrogen (secondary N) is 1. The van der Waals surface area contributed by atoms with Crippen molar-refractivity contribution in [1.29, 1.82) is 0 Å². The van der Waals surface area contributed by atoms with E-state index in [1.165, 1.54) is 0 Å². The van der Waals surface area contributed by atoms with Crippen molar-refractivity contribution >= 4 is 5.97 Å². The molecule has 0 heterocycles. The Bertz CT molecular complexity index is 103. The lowest BCUT2D eigenvalue weighted by Crippen LogP contribution is -2.25. The van der Waals surface area contributed by atoms with Gasteiger partial charge in [-0.25, -0.2) is 0 Å². The Labute approximate surface area is 60.1 Å². The Hall–Kier alpha value is -0.610. The zero-order valence-electron chi connectivity index (χ0n) is 6.26. The van der Waals surface area contributed by atoms with E-state index in [1.807, 2.05) is 0 Å². The summed E-state index contributed by atoms with van der Waals surface area (Å²) in [4.78, 5) is 15.1. The molecule has 0 saturated carbocycles. The van der Waals surface area contributed by atoms with Crippen LogP contribution in [0.2, 0.25) is 0 Å². The third-order valence-corrected chi connectivity index (χ3v) is 0.858. The predicted octanol–water partition coefficient (Wildman–Crippen LogP) is -0.318. The Morgan fingerprint density at radius 2 is 2.30 bits per heavy atom. The first-order valence-electron chi connectivity index (χ1n) is 3.23. The maximum absolute atomic E-state index is 10.7. The smallest absolute Gasteiger partial charge is 0.327 e. The van der Waals surface area contributed by atoms with Crippen molar-refractivity contribution in [1.82, 2.24) is 5.48 Å². The summed E-state index contributed by atoms with van der Waals surface area (Å²) >= 11 is 0. The number of hydrogen-bond donors (Lipinski definition) is 2. The molecule has 0 aliphatic carbocycles. The molecule has 0 bridgehead atoms. The molecule has 0 amide bonds. The number of carbonyl (C=O) groups is 1. The Kier molecular flexibility index (Phi) is 4.88. The van der Waals surface area contributed by atoms with Gasteiger partial charge in [-0.05, 0) is 0 Å². The molecule has 4 nitrogen and oxygen atoms in total. The fourth-order valence-electron chi connectivity index (χ4n) is 0.286. The normalized spacial score (nSPS) is 10.0. The molecule has 0 saturated heterocycles. The van der Waals surface area contributed by atoms with Gasteiger partial charge in [0.1, 0.15) is 0 Å². The third-order valence-electron chi connectivity index (χ3n) is 0.858. The van der Waals surface area contributed by atoms with E-state index in [2.05, 4.69) is 10.3 Å². The number of hydroxylamine groups is 1. The Morgan fingerprint density at radius 1 is 1.70 bits per heavy atom. The third kappa shape index (κ3) is 4.29. The number of carbonyl (C=O) groups excluding carboxylic acids is 1. The monoisotopic (exact) mass is 147 g/mol. The lowest BCUT2D eigenvalue weighted by molar-refractivity contribution is -0.155.